The molecular formula is C14H22N2O2S. The van der Waals surface area contributed by atoms with Gasteiger partial charge in [0.25, 0.3) is 0 Å². The monoisotopic (exact) mass is 282 g/mol. The van der Waals surface area contributed by atoms with Gasteiger partial charge in [0.15, 0.2) is 0 Å². The highest BCUT2D eigenvalue weighted by atomic mass is 32.1. The molecule has 0 bridgehead atoms. The number of piperazine rings is 1. The van der Waals surface area contributed by atoms with Crippen LogP contribution in [0.3, 0.4) is 0 Å². The van der Waals surface area contributed by atoms with Crippen molar-refractivity contribution in [2.75, 3.05) is 32.7 Å². The number of aliphatic hydroxyl groups is 1. The molecule has 0 aliphatic carbocycles. The van der Waals surface area contributed by atoms with Gasteiger partial charge in [0, 0.05) is 44.0 Å². The summed E-state index contributed by atoms with van der Waals surface area (Å²) < 4.78 is 0. The van der Waals surface area contributed by atoms with Crippen molar-refractivity contribution in [2.45, 2.75) is 25.9 Å². The second kappa shape index (κ2) is 7.03. The molecule has 1 saturated heterocycles. The van der Waals surface area contributed by atoms with E-state index >= 15 is 0 Å². The highest BCUT2D eigenvalue weighted by Gasteiger charge is 2.21. The van der Waals surface area contributed by atoms with Crippen LogP contribution in [0.1, 0.15) is 18.2 Å². The molecule has 1 fully saturated rings. The molecule has 2 rings (SSSR count). The van der Waals surface area contributed by atoms with E-state index in [1.807, 2.05) is 11.0 Å². The van der Waals surface area contributed by atoms with Crippen LogP contribution in [0.2, 0.25) is 0 Å². The Hall–Kier alpha value is -0.910. The number of thiophene rings is 1. The van der Waals surface area contributed by atoms with Crippen molar-refractivity contribution < 1.29 is 9.90 Å². The minimum Gasteiger partial charge on any atom is -0.392 e. The van der Waals surface area contributed by atoms with E-state index in [-0.39, 0.29) is 12.0 Å². The average Bonchev–Trinajstić information content (AvgIpc) is 2.89. The van der Waals surface area contributed by atoms with Gasteiger partial charge in [0.1, 0.15) is 0 Å². The zero-order valence-corrected chi connectivity index (χ0v) is 12.2. The van der Waals surface area contributed by atoms with Gasteiger partial charge in [-0.2, -0.15) is 0 Å². The molecule has 0 radical (unpaired) electrons. The molecule has 1 amide bonds. The fraction of sp³-hybridized carbons (Fsp3) is 0.643. The van der Waals surface area contributed by atoms with Crippen molar-refractivity contribution in [3.63, 3.8) is 0 Å². The number of amides is 1. The maximum absolute atomic E-state index is 12.1. The van der Waals surface area contributed by atoms with E-state index in [0.717, 1.165) is 32.6 Å². The topological polar surface area (TPSA) is 43.8 Å². The number of carbonyl (C=O) groups excluding carboxylic acids is 1. The van der Waals surface area contributed by atoms with Crippen LogP contribution >= 0.6 is 11.3 Å². The Balaban J connectivity index is 1.70. The molecule has 106 valence electrons. The Bertz CT molecular complexity index is 384. The quantitative estimate of drug-likeness (QED) is 0.883. The van der Waals surface area contributed by atoms with E-state index in [9.17, 15) is 9.90 Å². The highest BCUT2D eigenvalue weighted by Crippen LogP contribution is 2.12. The van der Waals surface area contributed by atoms with E-state index in [2.05, 4.69) is 16.3 Å². The van der Waals surface area contributed by atoms with Gasteiger partial charge in [0.2, 0.25) is 5.91 Å². The standard InChI is InChI=1S/C14H22N2O2S/c1-12(17)11-15-6-8-16(9-7-15)14(18)5-4-13-3-2-10-19-13/h2-3,10,12,17H,4-9,11H2,1H3. The molecule has 1 N–H and O–H groups in total. The molecule has 5 heteroatoms. The lowest BCUT2D eigenvalue weighted by Crippen LogP contribution is -2.50. The van der Waals surface area contributed by atoms with E-state index in [4.69, 9.17) is 0 Å². The van der Waals surface area contributed by atoms with Gasteiger partial charge >= 0.3 is 0 Å². The lowest BCUT2D eigenvalue weighted by molar-refractivity contribution is -0.133. The Morgan fingerprint density at radius 1 is 1.42 bits per heavy atom. The van der Waals surface area contributed by atoms with Crippen molar-refractivity contribution in [1.29, 1.82) is 0 Å². The lowest BCUT2D eigenvalue weighted by atomic mass is 10.2. The summed E-state index contributed by atoms with van der Waals surface area (Å²) in [6, 6.07) is 4.11. The SMILES string of the molecule is CC(O)CN1CCN(C(=O)CCc2cccs2)CC1. The number of nitrogens with zero attached hydrogens (tertiary/aromatic N) is 2. The molecule has 0 aromatic carbocycles. The number of rotatable bonds is 5. The fourth-order valence-corrected chi connectivity index (χ4v) is 3.11. The third-order valence-corrected chi connectivity index (χ3v) is 4.35. The third-order valence-electron chi connectivity index (χ3n) is 3.41. The second-order valence-electron chi connectivity index (χ2n) is 5.11. The second-order valence-corrected chi connectivity index (χ2v) is 6.14. The van der Waals surface area contributed by atoms with Crippen LogP contribution in [-0.2, 0) is 11.2 Å². The van der Waals surface area contributed by atoms with Crippen molar-refractivity contribution in [3.05, 3.63) is 22.4 Å². The Morgan fingerprint density at radius 2 is 2.16 bits per heavy atom. The Labute approximate surface area is 118 Å². The first kappa shape index (κ1) is 14.5. The van der Waals surface area contributed by atoms with Gasteiger partial charge in [-0.1, -0.05) is 6.07 Å². The molecule has 1 aromatic rings. The van der Waals surface area contributed by atoms with E-state index in [1.165, 1.54) is 4.88 Å². The zero-order valence-electron chi connectivity index (χ0n) is 11.4. The third kappa shape index (κ3) is 4.60. The van der Waals surface area contributed by atoms with Gasteiger partial charge in [-0.05, 0) is 24.8 Å². The normalized spacial score (nSPS) is 18.5. The van der Waals surface area contributed by atoms with Crippen LogP contribution in [0, 0.1) is 0 Å². The zero-order chi connectivity index (χ0) is 13.7. The average molecular weight is 282 g/mol. The smallest absolute Gasteiger partial charge is 0.223 e. The number of aliphatic hydroxyl groups excluding tert-OH is 1. The fourth-order valence-electron chi connectivity index (χ4n) is 2.40. The van der Waals surface area contributed by atoms with Gasteiger partial charge in [-0.25, -0.2) is 0 Å². The minimum absolute atomic E-state index is 0.255. The number of β-amino-alcohol motifs (C(OH)–C–C–N with tert-alkyl or cyclic N) is 1. The number of aryl methyl sites for hydroxylation is 1. The first-order chi connectivity index (χ1) is 9.15. The molecule has 1 aliphatic heterocycles. The van der Waals surface area contributed by atoms with E-state index in [0.29, 0.717) is 13.0 Å². The maximum Gasteiger partial charge on any atom is 0.223 e. The summed E-state index contributed by atoms with van der Waals surface area (Å²) in [6.07, 6.45) is 1.17. The highest BCUT2D eigenvalue weighted by molar-refractivity contribution is 7.09. The van der Waals surface area contributed by atoms with Crippen LogP contribution in [0.4, 0.5) is 0 Å². The summed E-state index contributed by atoms with van der Waals surface area (Å²) in [5, 5.41) is 11.4. The van der Waals surface area contributed by atoms with Crippen LogP contribution in [0.5, 0.6) is 0 Å². The molecule has 0 spiro atoms. The van der Waals surface area contributed by atoms with Crippen LogP contribution < -0.4 is 0 Å². The first-order valence-electron chi connectivity index (χ1n) is 6.85. The Morgan fingerprint density at radius 3 is 2.74 bits per heavy atom. The molecule has 19 heavy (non-hydrogen) atoms. The minimum atomic E-state index is -0.291. The first-order valence-corrected chi connectivity index (χ1v) is 7.73. The molecule has 1 atom stereocenters. The van der Waals surface area contributed by atoms with Gasteiger partial charge in [0.05, 0.1) is 6.10 Å². The summed E-state index contributed by atoms with van der Waals surface area (Å²) in [5.74, 6) is 0.255. The summed E-state index contributed by atoms with van der Waals surface area (Å²) in [6.45, 7) is 5.83. The molecule has 0 saturated carbocycles. The van der Waals surface area contributed by atoms with Crippen molar-refractivity contribution >= 4 is 17.2 Å². The molecular weight excluding hydrogens is 260 g/mol. The van der Waals surface area contributed by atoms with Gasteiger partial charge < -0.3 is 10.0 Å². The van der Waals surface area contributed by atoms with E-state index in [1.54, 1.807) is 18.3 Å². The van der Waals surface area contributed by atoms with E-state index < -0.39 is 0 Å². The molecule has 1 aromatic heterocycles. The Kier molecular flexibility index (Phi) is 5.36. The summed E-state index contributed by atoms with van der Waals surface area (Å²) in [5.41, 5.74) is 0. The van der Waals surface area contributed by atoms with Crippen molar-refractivity contribution in [1.82, 2.24) is 9.80 Å². The number of hydrogen-bond acceptors (Lipinski definition) is 4. The van der Waals surface area contributed by atoms with Gasteiger partial charge in [-0.15, -0.1) is 11.3 Å². The van der Waals surface area contributed by atoms with Gasteiger partial charge in [-0.3, -0.25) is 9.69 Å². The predicted octanol–water partition coefficient (Wildman–Crippen LogP) is 1.21. The van der Waals surface area contributed by atoms with Crippen LogP contribution in [0.25, 0.3) is 0 Å². The van der Waals surface area contributed by atoms with Crippen LogP contribution in [0.15, 0.2) is 17.5 Å². The lowest BCUT2D eigenvalue weighted by Gasteiger charge is -2.35. The van der Waals surface area contributed by atoms with Crippen LogP contribution in [-0.4, -0.2) is 59.6 Å². The summed E-state index contributed by atoms with van der Waals surface area (Å²) >= 11 is 1.71. The number of hydrogen-bond donors (Lipinski definition) is 1. The largest absolute Gasteiger partial charge is 0.392 e. The number of carbonyl (C=O) groups is 1. The summed E-state index contributed by atoms with van der Waals surface area (Å²) in [4.78, 5) is 17.5. The van der Waals surface area contributed by atoms with Crippen molar-refractivity contribution in [3.8, 4) is 0 Å². The molecule has 1 aliphatic rings. The predicted molar refractivity (Wildman–Crippen MR) is 77.3 cm³/mol. The molecule has 1 unspecified atom stereocenters. The maximum atomic E-state index is 12.1. The molecule has 4 nitrogen and oxygen atoms in total. The summed E-state index contributed by atoms with van der Waals surface area (Å²) in [7, 11) is 0. The van der Waals surface area contributed by atoms with Crippen molar-refractivity contribution in [2.24, 2.45) is 0 Å². The molecule has 2 heterocycles.